The summed E-state index contributed by atoms with van der Waals surface area (Å²) in [6, 6.07) is 5.70. The second kappa shape index (κ2) is 13.6. The number of para-hydroxylation sites is 1. The molecule has 0 aliphatic heterocycles. The van der Waals surface area contributed by atoms with Crippen molar-refractivity contribution in [1.29, 1.82) is 0 Å². The van der Waals surface area contributed by atoms with Crippen molar-refractivity contribution in [2.45, 2.75) is 6.92 Å². The van der Waals surface area contributed by atoms with Crippen molar-refractivity contribution in [3.63, 3.8) is 0 Å². The predicted octanol–water partition coefficient (Wildman–Crippen LogP) is 0.748. The highest BCUT2D eigenvalue weighted by molar-refractivity contribution is 6.32. The van der Waals surface area contributed by atoms with Gasteiger partial charge in [0.1, 0.15) is 12.4 Å². The summed E-state index contributed by atoms with van der Waals surface area (Å²) in [6.45, 7) is 5.95. The molecule has 8 nitrogen and oxygen atoms in total. The Morgan fingerprint density at radius 1 is 1.17 bits per heavy atom. The Hall–Kier alpha value is -1.87. The number of aryl methyl sites for hydroxylation is 1. The third-order valence-electron chi connectivity index (χ3n) is 2.57. The number of hydrogen-bond acceptors (Lipinski definition) is 6. The molecule has 1 aromatic rings. The van der Waals surface area contributed by atoms with E-state index in [-0.39, 0.29) is 0 Å². The number of aliphatic carboxylic acids is 2. The van der Waals surface area contributed by atoms with E-state index in [9.17, 15) is 0 Å². The first-order valence-corrected chi connectivity index (χ1v) is 7.60. The third-order valence-corrected chi connectivity index (χ3v) is 2.86. The SMILES string of the molecule is Cc1cccc(Cl)c1OCCOCCNCCN.O=C(O)C(=O)O. The van der Waals surface area contributed by atoms with E-state index in [0.29, 0.717) is 31.4 Å². The highest BCUT2D eigenvalue weighted by atomic mass is 35.5. The molecule has 0 saturated heterocycles. The Balaban J connectivity index is 0.000000754. The second-order valence-electron chi connectivity index (χ2n) is 4.50. The maximum atomic E-state index is 9.10. The normalized spacial score (nSPS) is 9.79. The van der Waals surface area contributed by atoms with Crippen molar-refractivity contribution < 1.29 is 29.3 Å². The number of rotatable bonds is 9. The first kappa shape index (κ1) is 22.1. The van der Waals surface area contributed by atoms with Crippen LogP contribution < -0.4 is 15.8 Å². The van der Waals surface area contributed by atoms with E-state index >= 15 is 0 Å². The molecule has 136 valence electrons. The van der Waals surface area contributed by atoms with E-state index in [0.717, 1.165) is 24.4 Å². The number of carboxylic acids is 2. The molecule has 0 radical (unpaired) electrons. The van der Waals surface area contributed by atoms with E-state index < -0.39 is 11.9 Å². The van der Waals surface area contributed by atoms with Crippen molar-refractivity contribution in [3.05, 3.63) is 28.8 Å². The molecular weight excluding hydrogens is 340 g/mol. The molecule has 0 unspecified atom stereocenters. The molecule has 0 aliphatic carbocycles. The quantitative estimate of drug-likeness (QED) is 0.374. The van der Waals surface area contributed by atoms with Gasteiger partial charge in [0.2, 0.25) is 0 Å². The van der Waals surface area contributed by atoms with Crippen molar-refractivity contribution in [2.24, 2.45) is 5.73 Å². The number of carboxylic acid groups (broad SMARTS) is 2. The Kier molecular flexibility index (Phi) is 12.5. The molecule has 5 N–H and O–H groups in total. The van der Waals surface area contributed by atoms with Gasteiger partial charge in [-0.25, -0.2) is 9.59 Å². The largest absolute Gasteiger partial charge is 0.489 e. The number of nitrogens with one attached hydrogen (secondary N) is 1. The van der Waals surface area contributed by atoms with Crippen LogP contribution in [0.25, 0.3) is 0 Å². The Morgan fingerprint density at radius 3 is 2.38 bits per heavy atom. The van der Waals surface area contributed by atoms with E-state index in [1.165, 1.54) is 0 Å². The number of halogens is 1. The summed E-state index contributed by atoms with van der Waals surface area (Å²) in [6.07, 6.45) is 0. The minimum absolute atomic E-state index is 0.501. The summed E-state index contributed by atoms with van der Waals surface area (Å²) in [5, 5.41) is 18.6. The number of hydrogen-bond donors (Lipinski definition) is 4. The van der Waals surface area contributed by atoms with Gasteiger partial charge in [-0.2, -0.15) is 0 Å². The molecule has 0 bridgehead atoms. The monoisotopic (exact) mass is 362 g/mol. The standard InChI is InChI=1S/C13H21ClN2O2.C2H2O4/c1-11-3-2-4-12(14)13(11)18-10-9-17-8-7-16-6-5-15;3-1(4)2(5)6/h2-4,16H,5-10,15H2,1H3;(H,3,4)(H,5,6). The van der Waals surface area contributed by atoms with Crippen LogP contribution in [0.1, 0.15) is 5.56 Å². The minimum Gasteiger partial charge on any atom is -0.489 e. The van der Waals surface area contributed by atoms with Gasteiger partial charge >= 0.3 is 11.9 Å². The summed E-state index contributed by atoms with van der Waals surface area (Å²) in [7, 11) is 0. The molecule has 9 heteroatoms. The van der Waals surface area contributed by atoms with Gasteiger partial charge in [-0.1, -0.05) is 23.7 Å². The van der Waals surface area contributed by atoms with Crippen LogP contribution >= 0.6 is 11.6 Å². The molecule has 0 aromatic heterocycles. The number of ether oxygens (including phenoxy) is 2. The topological polar surface area (TPSA) is 131 Å². The van der Waals surface area contributed by atoms with Crippen molar-refractivity contribution in [2.75, 3.05) is 39.5 Å². The maximum Gasteiger partial charge on any atom is 0.414 e. The van der Waals surface area contributed by atoms with Gasteiger partial charge in [-0.05, 0) is 18.6 Å². The van der Waals surface area contributed by atoms with Crippen LogP contribution in [0, 0.1) is 6.92 Å². The fourth-order valence-electron chi connectivity index (χ4n) is 1.48. The van der Waals surface area contributed by atoms with Crippen LogP contribution in [0.2, 0.25) is 5.02 Å². The summed E-state index contributed by atoms with van der Waals surface area (Å²) in [5.41, 5.74) is 6.38. The summed E-state index contributed by atoms with van der Waals surface area (Å²) in [5.74, 6) is -2.91. The molecule has 1 aromatic carbocycles. The van der Waals surface area contributed by atoms with Crippen LogP contribution in [0.4, 0.5) is 0 Å². The molecule has 0 atom stereocenters. The van der Waals surface area contributed by atoms with Gasteiger partial charge in [0, 0.05) is 19.6 Å². The lowest BCUT2D eigenvalue weighted by molar-refractivity contribution is -0.159. The molecular formula is C15H23ClN2O6. The molecule has 0 fully saturated rings. The fraction of sp³-hybridized carbons (Fsp3) is 0.467. The number of benzene rings is 1. The third kappa shape index (κ3) is 10.8. The van der Waals surface area contributed by atoms with Crippen LogP contribution in [0.3, 0.4) is 0 Å². The summed E-state index contributed by atoms with van der Waals surface area (Å²) >= 11 is 6.04. The Morgan fingerprint density at radius 2 is 1.83 bits per heavy atom. The number of nitrogens with two attached hydrogens (primary N) is 1. The molecule has 0 spiro atoms. The van der Waals surface area contributed by atoms with Gasteiger partial charge in [0.05, 0.1) is 18.2 Å². The highest BCUT2D eigenvalue weighted by Gasteiger charge is 2.04. The average molecular weight is 363 g/mol. The molecule has 0 heterocycles. The predicted molar refractivity (Wildman–Crippen MR) is 89.7 cm³/mol. The van der Waals surface area contributed by atoms with Gasteiger partial charge in [-0.15, -0.1) is 0 Å². The molecule has 1 rings (SSSR count). The van der Waals surface area contributed by atoms with Gasteiger partial charge in [0.25, 0.3) is 0 Å². The first-order chi connectivity index (χ1) is 11.4. The van der Waals surface area contributed by atoms with Crippen LogP contribution in [-0.4, -0.2) is 61.6 Å². The first-order valence-electron chi connectivity index (χ1n) is 7.22. The zero-order valence-electron chi connectivity index (χ0n) is 13.5. The van der Waals surface area contributed by atoms with Crippen molar-refractivity contribution in [1.82, 2.24) is 5.32 Å². The van der Waals surface area contributed by atoms with Gasteiger partial charge < -0.3 is 30.7 Å². The van der Waals surface area contributed by atoms with Crippen molar-refractivity contribution in [3.8, 4) is 5.75 Å². The lowest BCUT2D eigenvalue weighted by atomic mass is 10.2. The summed E-state index contributed by atoms with van der Waals surface area (Å²) in [4.78, 5) is 18.2. The minimum atomic E-state index is -1.82. The van der Waals surface area contributed by atoms with Crippen molar-refractivity contribution >= 4 is 23.5 Å². The lowest BCUT2D eigenvalue weighted by Gasteiger charge is -2.11. The van der Waals surface area contributed by atoms with E-state index in [1.54, 1.807) is 0 Å². The van der Waals surface area contributed by atoms with Crippen LogP contribution in [-0.2, 0) is 14.3 Å². The lowest BCUT2D eigenvalue weighted by Crippen LogP contribution is -2.26. The average Bonchev–Trinajstić information content (AvgIpc) is 2.53. The van der Waals surface area contributed by atoms with Crippen LogP contribution in [0.5, 0.6) is 5.75 Å². The Bertz CT molecular complexity index is 480. The smallest absolute Gasteiger partial charge is 0.414 e. The van der Waals surface area contributed by atoms with E-state index in [2.05, 4.69) is 5.32 Å². The summed E-state index contributed by atoms with van der Waals surface area (Å²) < 4.78 is 11.0. The zero-order chi connectivity index (χ0) is 18.4. The van der Waals surface area contributed by atoms with E-state index in [4.69, 9.17) is 46.6 Å². The molecule has 0 aliphatic rings. The fourth-order valence-corrected chi connectivity index (χ4v) is 1.75. The van der Waals surface area contributed by atoms with E-state index in [1.807, 2.05) is 25.1 Å². The maximum absolute atomic E-state index is 9.10. The van der Waals surface area contributed by atoms with Crippen LogP contribution in [0.15, 0.2) is 18.2 Å². The zero-order valence-corrected chi connectivity index (χ0v) is 14.2. The number of carbonyl (C=O) groups is 2. The molecule has 0 saturated carbocycles. The second-order valence-corrected chi connectivity index (χ2v) is 4.90. The molecule has 0 amide bonds. The molecule has 24 heavy (non-hydrogen) atoms. The van der Waals surface area contributed by atoms with Gasteiger partial charge in [-0.3, -0.25) is 0 Å². The highest BCUT2D eigenvalue weighted by Crippen LogP contribution is 2.27. The Labute approximate surface area is 145 Å². The van der Waals surface area contributed by atoms with Gasteiger partial charge in [0.15, 0.2) is 0 Å².